The van der Waals surface area contributed by atoms with Crippen LogP contribution in [0.3, 0.4) is 0 Å². The average molecular weight is 391 g/mol. The number of aromatic hydroxyl groups is 1. The third kappa shape index (κ3) is 10.1. The van der Waals surface area contributed by atoms with Crippen molar-refractivity contribution < 1.29 is 36.5 Å². The molecule has 1 heterocycles. The lowest BCUT2D eigenvalue weighted by Crippen LogP contribution is -3.00. The van der Waals surface area contributed by atoms with E-state index >= 15 is 0 Å². The number of amides is 1. The molecule has 0 aromatic carbocycles. The smallest absolute Gasteiger partial charge is 0.142 e. The molecule has 6 nitrogen and oxygen atoms in total. The van der Waals surface area contributed by atoms with E-state index in [4.69, 9.17) is 0 Å². The second-order valence-corrected chi connectivity index (χ2v) is 6.78. The molecule has 0 aliphatic carbocycles. The highest BCUT2D eigenvalue weighted by Crippen LogP contribution is 2.15. The van der Waals surface area contributed by atoms with Crippen molar-refractivity contribution in [2.45, 2.75) is 46.3 Å². The molecule has 1 aromatic heterocycles. The van der Waals surface area contributed by atoms with Gasteiger partial charge in [-0.25, -0.2) is 0 Å². The molecule has 1 amide bonds. The Balaban J connectivity index is 0. The third-order valence-electron chi connectivity index (χ3n) is 2.81. The number of carbonyl (C=O) groups is 1. The number of carbonyl (C=O) groups excluding carboxylic acids is 1. The Hall–Kier alpha value is -1.34. The molecule has 0 saturated heterocycles. The van der Waals surface area contributed by atoms with E-state index in [1.165, 1.54) is 4.90 Å². The van der Waals surface area contributed by atoms with Gasteiger partial charge in [0, 0.05) is 18.3 Å². The summed E-state index contributed by atoms with van der Waals surface area (Å²) in [5.41, 5.74) is 0.755. The predicted octanol–water partition coefficient (Wildman–Crippen LogP) is -1.55. The minimum absolute atomic E-state index is 0. The van der Waals surface area contributed by atoms with Crippen LogP contribution in [-0.2, 0) is 6.54 Å². The zero-order chi connectivity index (χ0) is 17.5. The molecular weight excluding hydrogens is 362 g/mol. The van der Waals surface area contributed by atoms with Crippen LogP contribution in [0, 0.1) is 0 Å². The van der Waals surface area contributed by atoms with Crippen molar-refractivity contribution in [2.75, 3.05) is 21.1 Å². The van der Waals surface area contributed by atoms with E-state index in [2.05, 4.69) is 26.1 Å². The molecule has 0 spiro atoms. The highest BCUT2D eigenvalue weighted by atomic mass is 79.9. The third-order valence-corrected chi connectivity index (χ3v) is 2.81. The molecule has 1 aromatic rings. The van der Waals surface area contributed by atoms with Crippen LogP contribution in [0.5, 0.6) is 5.75 Å². The minimum Gasteiger partial charge on any atom is -1.00 e. The summed E-state index contributed by atoms with van der Waals surface area (Å²) in [6, 6.07) is 3.40. The zero-order valence-electron chi connectivity index (χ0n) is 15.1. The summed E-state index contributed by atoms with van der Waals surface area (Å²) in [5, 5.41) is 19.8. The van der Waals surface area contributed by atoms with Crippen molar-refractivity contribution in [3.05, 3.63) is 24.0 Å². The molecule has 0 bridgehead atoms. The molecule has 0 fully saturated rings. The summed E-state index contributed by atoms with van der Waals surface area (Å²) in [6.45, 7) is 8.06. The van der Waals surface area contributed by atoms with Gasteiger partial charge in [-0.2, -0.15) is 0 Å². The molecule has 0 aliphatic heterocycles. The van der Waals surface area contributed by atoms with Crippen LogP contribution in [-0.4, -0.2) is 58.8 Å². The summed E-state index contributed by atoms with van der Waals surface area (Å²) in [7, 11) is 6.19. The summed E-state index contributed by atoms with van der Waals surface area (Å²) in [5.74, 6) is 0.283. The fourth-order valence-electron chi connectivity index (χ4n) is 2.02. The SMILES string of the molecule is CC(C)N(C(=O)[O-])C(C)C.C[N+](C)(C)Cc1ncccc1O.[Br-]. The van der Waals surface area contributed by atoms with Crippen LogP contribution in [0.1, 0.15) is 33.4 Å². The van der Waals surface area contributed by atoms with Crippen molar-refractivity contribution >= 4 is 6.09 Å². The largest absolute Gasteiger partial charge is 1.00 e. The number of pyridine rings is 1. The van der Waals surface area contributed by atoms with Crippen LogP contribution in [0.2, 0.25) is 0 Å². The minimum atomic E-state index is -1.09. The van der Waals surface area contributed by atoms with Gasteiger partial charge >= 0.3 is 0 Å². The Morgan fingerprint density at radius 1 is 1.26 bits per heavy atom. The van der Waals surface area contributed by atoms with Crippen LogP contribution < -0.4 is 22.1 Å². The lowest BCUT2D eigenvalue weighted by molar-refractivity contribution is -0.884. The monoisotopic (exact) mass is 390 g/mol. The van der Waals surface area contributed by atoms with Crippen molar-refractivity contribution in [3.63, 3.8) is 0 Å². The number of nitrogens with zero attached hydrogens (tertiary/aromatic N) is 3. The Bertz CT molecular complexity index is 466. The Morgan fingerprint density at radius 3 is 2.00 bits per heavy atom. The second kappa shape index (κ2) is 10.4. The number of quaternary nitrogens is 1. The van der Waals surface area contributed by atoms with Crippen LogP contribution in [0.15, 0.2) is 18.3 Å². The van der Waals surface area contributed by atoms with Gasteiger partial charge in [-0.15, -0.1) is 0 Å². The Kier molecular flexibility index (Phi) is 10.9. The lowest BCUT2D eigenvalue weighted by atomic mass is 10.2. The zero-order valence-corrected chi connectivity index (χ0v) is 16.7. The first kappa shape index (κ1) is 23.9. The standard InChI is InChI=1S/C9H14N2O.C7H15NO2.BrH/c1-11(2,3)7-8-9(12)5-4-6-10-8;1-5(2)8(6(3)4)7(9)10;/h4-6H,7H2,1-3H3;5-6H,1-4H3,(H,9,10);1H/p-1. The van der Waals surface area contributed by atoms with Gasteiger partial charge in [0.1, 0.15) is 24.1 Å². The number of halogens is 1. The van der Waals surface area contributed by atoms with Gasteiger partial charge in [-0.3, -0.25) is 4.98 Å². The topological polar surface area (TPSA) is 76.5 Å². The highest BCUT2D eigenvalue weighted by Gasteiger charge is 2.12. The molecule has 23 heavy (non-hydrogen) atoms. The number of carboxylic acid groups (broad SMARTS) is 1. The average Bonchev–Trinajstić information content (AvgIpc) is 2.29. The van der Waals surface area contributed by atoms with E-state index in [0.717, 1.165) is 16.7 Å². The Labute approximate surface area is 150 Å². The van der Waals surface area contributed by atoms with Crippen molar-refractivity contribution in [3.8, 4) is 5.75 Å². The van der Waals surface area contributed by atoms with E-state index in [9.17, 15) is 15.0 Å². The van der Waals surface area contributed by atoms with Crippen molar-refractivity contribution in [1.29, 1.82) is 0 Å². The maximum Gasteiger partial charge on any atom is 0.142 e. The van der Waals surface area contributed by atoms with Crippen LogP contribution in [0.4, 0.5) is 4.79 Å². The van der Waals surface area contributed by atoms with Crippen LogP contribution in [0.25, 0.3) is 0 Å². The molecule has 7 heteroatoms. The molecular formula is C16H29BrN3O3-. The molecule has 0 saturated carbocycles. The maximum absolute atomic E-state index is 10.4. The van der Waals surface area contributed by atoms with Crippen molar-refractivity contribution in [1.82, 2.24) is 9.88 Å². The highest BCUT2D eigenvalue weighted by molar-refractivity contribution is 5.63. The number of hydrogen-bond donors (Lipinski definition) is 1. The first-order chi connectivity index (χ1) is 9.95. The van der Waals surface area contributed by atoms with E-state index < -0.39 is 6.09 Å². The molecule has 0 radical (unpaired) electrons. The summed E-state index contributed by atoms with van der Waals surface area (Å²) < 4.78 is 0.768. The number of rotatable bonds is 4. The van der Waals surface area contributed by atoms with Gasteiger partial charge in [-0.05, 0) is 39.8 Å². The Morgan fingerprint density at radius 2 is 1.74 bits per heavy atom. The van der Waals surface area contributed by atoms with Gasteiger partial charge in [0.25, 0.3) is 0 Å². The number of aromatic nitrogens is 1. The summed E-state index contributed by atoms with van der Waals surface area (Å²) >= 11 is 0. The van der Waals surface area contributed by atoms with E-state index in [0.29, 0.717) is 0 Å². The normalized spacial score (nSPS) is 10.7. The first-order valence-electron chi connectivity index (χ1n) is 7.38. The quantitative estimate of drug-likeness (QED) is 0.631. The summed E-state index contributed by atoms with van der Waals surface area (Å²) in [4.78, 5) is 15.8. The maximum atomic E-state index is 10.4. The van der Waals surface area contributed by atoms with Crippen molar-refractivity contribution in [2.24, 2.45) is 0 Å². The van der Waals surface area contributed by atoms with Gasteiger partial charge in [-0.1, -0.05) is 0 Å². The van der Waals surface area contributed by atoms with E-state index in [1.807, 2.05) is 27.7 Å². The van der Waals surface area contributed by atoms with Gasteiger partial charge in [0.15, 0.2) is 0 Å². The van der Waals surface area contributed by atoms with E-state index in [1.54, 1.807) is 18.3 Å². The molecule has 0 unspecified atom stereocenters. The van der Waals surface area contributed by atoms with Crippen LogP contribution >= 0.6 is 0 Å². The second-order valence-electron chi connectivity index (χ2n) is 6.78. The first-order valence-corrected chi connectivity index (χ1v) is 7.38. The van der Waals surface area contributed by atoms with Gasteiger partial charge in [0.05, 0.1) is 21.1 Å². The predicted molar refractivity (Wildman–Crippen MR) is 85.1 cm³/mol. The number of hydrogen-bond acceptors (Lipinski definition) is 4. The molecule has 0 atom stereocenters. The fraction of sp³-hybridized carbons (Fsp3) is 0.625. The lowest BCUT2D eigenvalue weighted by Gasteiger charge is -2.32. The molecule has 0 aliphatic rings. The van der Waals surface area contributed by atoms with E-state index in [-0.39, 0.29) is 34.8 Å². The molecule has 134 valence electrons. The summed E-state index contributed by atoms with van der Waals surface area (Å²) in [6.07, 6.45) is 0.607. The van der Waals surface area contributed by atoms with Gasteiger partial charge in [0.2, 0.25) is 0 Å². The van der Waals surface area contributed by atoms with Gasteiger partial charge < -0.3 is 41.4 Å². The molecule has 1 rings (SSSR count). The fourth-order valence-corrected chi connectivity index (χ4v) is 2.02. The molecule has 1 N–H and O–H groups in total.